The van der Waals surface area contributed by atoms with Gasteiger partial charge in [0.05, 0.1) is 0 Å². The van der Waals surface area contributed by atoms with Crippen molar-refractivity contribution in [2.24, 2.45) is 5.41 Å². The topological polar surface area (TPSA) is 12.0 Å². The van der Waals surface area contributed by atoms with Crippen molar-refractivity contribution < 1.29 is 0 Å². The first-order valence-corrected chi connectivity index (χ1v) is 5.99. The van der Waals surface area contributed by atoms with Gasteiger partial charge in [-0.25, -0.2) is 0 Å². The molecule has 15 heavy (non-hydrogen) atoms. The Morgan fingerprint density at radius 1 is 1.27 bits per heavy atom. The summed E-state index contributed by atoms with van der Waals surface area (Å²) in [5.41, 5.74) is 1.99. The largest absolute Gasteiger partial charge is 0.316 e. The van der Waals surface area contributed by atoms with E-state index >= 15 is 0 Å². The highest BCUT2D eigenvalue weighted by Gasteiger charge is 2.34. The first-order valence-electron chi connectivity index (χ1n) is 5.19. The minimum atomic E-state index is 0. The van der Waals surface area contributed by atoms with Gasteiger partial charge in [-0.1, -0.05) is 35.0 Å². The second kappa shape index (κ2) is 5.33. The van der Waals surface area contributed by atoms with Gasteiger partial charge in [0.2, 0.25) is 0 Å². The highest BCUT2D eigenvalue weighted by Crippen LogP contribution is 2.31. The fraction of sp³-hybridized carbons (Fsp3) is 0.500. The van der Waals surface area contributed by atoms with Crippen LogP contribution >= 0.6 is 28.3 Å². The van der Waals surface area contributed by atoms with Crippen molar-refractivity contribution in [1.29, 1.82) is 0 Å². The summed E-state index contributed by atoms with van der Waals surface area (Å²) < 4.78 is 1.17. The summed E-state index contributed by atoms with van der Waals surface area (Å²) in [6, 6.07) is 8.70. The van der Waals surface area contributed by atoms with Crippen LogP contribution in [0.2, 0.25) is 0 Å². The smallest absolute Gasteiger partial charge is 0.0175 e. The zero-order chi connectivity index (χ0) is 10.0. The van der Waals surface area contributed by atoms with E-state index in [2.05, 4.69) is 52.4 Å². The molecule has 1 nitrogen and oxygen atoms in total. The van der Waals surface area contributed by atoms with Crippen LogP contribution in [-0.2, 0) is 6.42 Å². The molecule has 3 heteroatoms. The zero-order valence-electron chi connectivity index (χ0n) is 8.92. The summed E-state index contributed by atoms with van der Waals surface area (Å²) in [5.74, 6) is 0. The SMILES string of the molecule is CCC1(Cc2ccc(Br)cc2)CNC1.Cl. The van der Waals surface area contributed by atoms with Crippen molar-refractivity contribution in [2.75, 3.05) is 13.1 Å². The van der Waals surface area contributed by atoms with Gasteiger partial charge >= 0.3 is 0 Å². The molecule has 0 amide bonds. The second-order valence-electron chi connectivity index (χ2n) is 4.26. The molecule has 1 aliphatic heterocycles. The fourth-order valence-corrected chi connectivity index (χ4v) is 2.28. The van der Waals surface area contributed by atoms with E-state index in [0.29, 0.717) is 5.41 Å². The van der Waals surface area contributed by atoms with Crippen molar-refractivity contribution in [3.8, 4) is 0 Å². The molecule has 2 rings (SSSR count). The molecule has 0 bridgehead atoms. The number of hydrogen-bond acceptors (Lipinski definition) is 1. The maximum absolute atomic E-state index is 3.46. The van der Waals surface area contributed by atoms with Gasteiger partial charge in [-0.2, -0.15) is 0 Å². The van der Waals surface area contributed by atoms with Gasteiger partial charge in [0.25, 0.3) is 0 Å². The summed E-state index contributed by atoms with van der Waals surface area (Å²) in [6.45, 7) is 4.65. The van der Waals surface area contributed by atoms with Crippen LogP contribution < -0.4 is 5.32 Å². The Morgan fingerprint density at radius 3 is 2.27 bits per heavy atom. The Morgan fingerprint density at radius 2 is 1.87 bits per heavy atom. The van der Waals surface area contributed by atoms with Crippen molar-refractivity contribution in [3.63, 3.8) is 0 Å². The van der Waals surface area contributed by atoms with E-state index < -0.39 is 0 Å². The Balaban J connectivity index is 0.00000112. The molecule has 1 aromatic rings. The lowest BCUT2D eigenvalue weighted by Crippen LogP contribution is -2.54. The summed E-state index contributed by atoms with van der Waals surface area (Å²) in [4.78, 5) is 0. The van der Waals surface area contributed by atoms with Crippen LogP contribution in [-0.4, -0.2) is 13.1 Å². The third-order valence-corrected chi connectivity index (χ3v) is 3.77. The van der Waals surface area contributed by atoms with Crippen molar-refractivity contribution >= 4 is 28.3 Å². The van der Waals surface area contributed by atoms with Crippen molar-refractivity contribution in [2.45, 2.75) is 19.8 Å². The van der Waals surface area contributed by atoms with Gasteiger partial charge in [-0.15, -0.1) is 12.4 Å². The molecule has 84 valence electrons. The number of hydrogen-bond donors (Lipinski definition) is 1. The van der Waals surface area contributed by atoms with Gasteiger partial charge in [0.1, 0.15) is 0 Å². The van der Waals surface area contributed by atoms with Gasteiger partial charge < -0.3 is 5.32 Å². The third-order valence-electron chi connectivity index (χ3n) is 3.24. The molecule has 0 saturated carbocycles. The Labute approximate surface area is 106 Å². The van der Waals surface area contributed by atoms with Crippen LogP contribution in [0.4, 0.5) is 0 Å². The zero-order valence-corrected chi connectivity index (χ0v) is 11.3. The van der Waals surface area contributed by atoms with Crippen LogP contribution in [0.5, 0.6) is 0 Å². The molecule has 1 aromatic carbocycles. The standard InChI is InChI=1S/C12H16BrN.ClH/c1-2-12(8-14-9-12)7-10-3-5-11(13)6-4-10;/h3-6,14H,2,7-9H2,1H3;1H. The molecular formula is C12H17BrClN. The van der Waals surface area contributed by atoms with Gasteiger partial charge in [0, 0.05) is 17.6 Å². The molecule has 0 atom stereocenters. The molecule has 0 unspecified atom stereocenters. The maximum Gasteiger partial charge on any atom is 0.0175 e. The van der Waals surface area contributed by atoms with Gasteiger partial charge in [-0.3, -0.25) is 0 Å². The summed E-state index contributed by atoms with van der Waals surface area (Å²) in [7, 11) is 0. The Hall–Kier alpha value is -0.0500. The van der Waals surface area contributed by atoms with Gasteiger partial charge in [-0.05, 0) is 36.0 Å². The summed E-state index contributed by atoms with van der Waals surface area (Å²) in [5, 5.41) is 3.38. The molecule has 0 aromatic heterocycles. The first kappa shape index (κ1) is 13.0. The minimum Gasteiger partial charge on any atom is -0.316 e. The van der Waals surface area contributed by atoms with E-state index in [0.717, 1.165) is 0 Å². The van der Waals surface area contributed by atoms with E-state index in [-0.39, 0.29) is 12.4 Å². The lowest BCUT2D eigenvalue weighted by molar-refractivity contribution is 0.160. The van der Waals surface area contributed by atoms with Crippen LogP contribution in [0.3, 0.4) is 0 Å². The molecule has 1 fully saturated rings. The number of rotatable bonds is 3. The predicted octanol–water partition coefficient (Wildman–Crippen LogP) is 3.41. The van der Waals surface area contributed by atoms with E-state index in [1.165, 1.54) is 36.0 Å². The van der Waals surface area contributed by atoms with Crippen molar-refractivity contribution in [3.05, 3.63) is 34.3 Å². The Kier molecular flexibility index (Phi) is 4.63. The quantitative estimate of drug-likeness (QED) is 0.899. The van der Waals surface area contributed by atoms with Crippen LogP contribution in [0.15, 0.2) is 28.7 Å². The van der Waals surface area contributed by atoms with Crippen LogP contribution in [0, 0.1) is 5.41 Å². The first-order chi connectivity index (χ1) is 6.74. The molecule has 0 radical (unpaired) electrons. The average Bonchev–Trinajstić information content (AvgIpc) is 2.15. The number of nitrogens with one attached hydrogen (secondary N) is 1. The van der Waals surface area contributed by atoms with E-state index in [4.69, 9.17) is 0 Å². The molecule has 0 spiro atoms. The van der Waals surface area contributed by atoms with E-state index in [1.54, 1.807) is 0 Å². The molecular weight excluding hydrogens is 273 g/mol. The summed E-state index contributed by atoms with van der Waals surface area (Å²) >= 11 is 3.46. The highest BCUT2D eigenvalue weighted by atomic mass is 79.9. The molecule has 1 heterocycles. The average molecular weight is 291 g/mol. The monoisotopic (exact) mass is 289 g/mol. The van der Waals surface area contributed by atoms with E-state index in [9.17, 15) is 0 Å². The lowest BCUT2D eigenvalue weighted by atomic mass is 9.74. The normalized spacial score (nSPS) is 17.7. The van der Waals surface area contributed by atoms with Gasteiger partial charge in [0.15, 0.2) is 0 Å². The third kappa shape index (κ3) is 2.96. The second-order valence-corrected chi connectivity index (χ2v) is 5.18. The molecule has 1 aliphatic rings. The highest BCUT2D eigenvalue weighted by molar-refractivity contribution is 9.10. The van der Waals surface area contributed by atoms with E-state index in [1.807, 2.05) is 0 Å². The fourth-order valence-electron chi connectivity index (χ4n) is 2.01. The summed E-state index contributed by atoms with van der Waals surface area (Å²) in [6.07, 6.45) is 2.49. The molecule has 1 saturated heterocycles. The minimum absolute atomic E-state index is 0. The van der Waals surface area contributed by atoms with Crippen molar-refractivity contribution in [1.82, 2.24) is 5.32 Å². The Bertz CT molecular complexity index is 300. The lowest BCUT2D eigenvalue weighted by Gasteiger charge is -2.42. The number of benzene rings is 1. The molecule has 0 aliphatic carbocycles. The van der Waals surface area contributed by atoms with Crippen LogP contribution in [0.25, 0.3) is 0 Å². The van der Waals surface area contributed by atoms with Crippen LogP contribution in [0.1, 0.15) is 18.9 Å². The molecule has 1 N–H and O–H groups in total. The predicted molar refractivity (Wildman–Crippen MR) is 70.7 cm³/mol. The maximum atomic E-state index is 3.46. The number of halogens is 2.